The molecule has 1 atom stereocenters. The third kappa shape index (κ3) is 3.20. The van der Waals surface area contributed by atoms with E-state index in [1.807, 2.05) is 0 Å². The van der Waals surface area contributed by atoms with Crippen LogP contribution in [0, 0.1) is 0 Å². The van der Waals surface area contributed by atoms with E-state index in [0.29, 0.717) is 30.0 Å². The number of nitrogens with zero attached hydrogens (tertiary/aromatic N) is 4. The van der Waals surface area contributed by atoms with E-state index in [9.17, 15) is 18.0 Å². The Morgan fingerprint density at radius 1 is 1.13 bits per heavy atom. The summed E-state index contributed by atoms with van der Waals surface area (Å²) < 4.78 is 58.3. The minimum Gasteiger partial charge on any atom is -0.454 e. The number of carbonyl (C=O) groups is 1. The van der Waals surface area contributed by atoms with Gasteiger partial charge < -0.3 is 19.1 Å². The highest BCUT2D eigenvalue weighted by atomic mass is 19.4. The number of alkyl halides is 3. The fourth-order valence-electron chi connectivity index (χ4n) is 3.50. The van der Waals surface area contributed by atoms with Gasteiger partial charge in [-0.25, -0.2) is 9.50 Å². The van der Waals surface area contributed by atoms with E-state index in [2.05, 4.69) is 10.1 Å². The van der Waals surface area contributed by atoms with Crippen LogP contribution in [-0.4, -0.2) is 52.4 Å². The van der Waals surface area contributed by atoms with Crippen molar-refractivity contribution in [2.45, 2.75) is 12.3 Å². The Morgan fingerprint density at radius 2 is 1.97 bits per heavy atom. The molecule has 2 aliphatic heterocycles. The zero-order chi connectivity index (χ0) is 20.9. The van der Waals surface area contributed by atoms with Gasteiger partial charge in [0.15, 0.2) is 22.8 Å². The predicted octanol–water partition coefficient (Wildman–Crippen LogP) is 2.67. The van der Waals surface area contributed by atoms with Crippen molar-refractivity contribution in [2.75, 3.05) is 26.5 Å². The maximum atomic E-state index is 13.8. The Balaban J connectivity index is 1.61. The van der Waals surface area contributed by atoms with Crippen LogP contribution < -0.4 is 9.47 Å². The van der Waals surface area contributed by atoms with Crippen LogP contribution in [0.1, 0.15) is 17.5 Å². The predicted molar refractivity (Wildman–Crippen MR) is 95.9 cm³/mol. The monoisotopic (exact) mass is 420 g/mol. The smallest absolute Gasteiger partial charge is 0.433 e. The maximum absolute atomic E-state index is 13.8. The van der Waals surface area contributed by atoms with Gasteiger partial charge in [0.05, 0.1) is 24.5 Å². The van der Waals surface area contributed by atoms with Crippen LogP contribution in [0.3, 0.4) is 0 Å². The van der Waals surface area contributed by atoms with Crippen molar-refractivity contribution in [3.63, 3.8) is 0 Å². The molecule has 8 nitrogen and oxygen atoms in total. The number of fused-ring (bicyclic) bond motifs is 2. The third-order valence-corrected chi connectivity index (χ3v) is 4.98. The second kappa shape index (κ2) is 6.87. The standard InChI is InChI=1S/C19H15F3N4O4/c20-19(21,22)17-6-12(11-1-2-14-15(5-11)30-10-29-14)23-18-7-13(24-26(17)18)16-8-25(9-27)3-4-28-16/h1-2,5-7,9,16H,3-4,8,10H2. The summed E-state index contributed by atoms with van der Waals surface area (Å²) in [6.45, 7) is 0.973. The normalized spacial score (nSPS) is 18.8. The van der Waals surface area contributed by atoms with E-state index in [1.54, 1.807) is 18.2 Å². The molecule has 1 aromatic carbocycles. The summed E-state index contributed by atoms with van der Waals surface area (Å²) in [4.78, 5) is 16.9. The summed E-state index contributed by atoms with van der Waals surface area (Å²) in [6, 6.07) is 7.23. The Hall–Kier alpha value is -3.34. The van der Waals surface area contributed by atoms with Gasteiger partial charge in [-0.3, -0.25) is 4.79 Å². The van der Waals surface area contributed by atoms with Crippen molar-refractivity contribution in [3.05, 3.63) is 41.7 Å². The topological polar surface area (TPSA) is 78.2 Å². The van der Waals surface area contributed by atoms with E-state index >= 15 is 0 Å². The fraction of sp³-hybridized carbons (Fsp3) is 0.316. The Labute approximate surface area is 167 Å². The number of halogens is 3. The lowest BCUT2D eigenvalue weighted by Crippen LogP contribution is -2.37. The molecule has 2 aromatic heterocycles. The molecule has 11 heteroatoms. The molecular formula is C19H15F3N4O4. The molecule has 0 aliphatic carbocycles. The van der Waals surface area contributed by atoms with Crippen molar-refractivity contribution < 1.29 is 32.2 Å². The molecule has 1 amide bonds. The molecular weight excluding hydrogens is 405 g/mol. The van der Waals surface area contributed by atoms with Crippen molar-refractivity contribution in [2.24, 2.45) is 0 Å². The molecule has 4 heterocycles. The van der Waals surface area contributed by atoms with Gasteiger partial charge in [-0.1, -0.05) is 0 Å². The van der Waals surface area contributed by atoms with Gasteiger partial charge in [-0.15, -0.1) is 0 Å². The number of hydrogen-bond acceptors (Lipinski definition) is 6. The van der Waals surface area contributed by atoms with Gasteiger partial charge in [0.2, 0.25) is 13.2 Å². The summed E-state index contributed by atoms with van der Waals surface area (Å²) in [6.07, 6.45) is -4.60. The van der Waals surface area contributed by atoms with Crippen molar-refractivity contribution >= 4 is 12.1 Å². The van der Waals surface area contributed by atoms with Crippen LogP contribution in [0.25, 0.3) is 16.9 Å². The van der Waals surface area contributed by atoms with Crippen LogP contribution in [0.5, 0.6) is 11.5 Å². The van der Waals surface area contributed by atoms with Crippen molar-refractivity contribution in [1.82, 2.24) is 19.5 Å². The number of ether oxygens (including phenoxy) is 3. The van der Waals surface area contributed by atoms with Gasteiger partial charge >= 0.3 is 6.18 Å². The van der Waals surface area contributed by atoms with E-state index < -0.39 is 18.0 Å². The Kier molecular flexibility index (Phi) is 4.28. The average molecular weight is 420 g/mol. The van der Waals surface area contributed by atoms with E-state index in [1.165, 1.54) is 11.0 Å². The average Bonchev–Trinajstić information content (AvgIpc) is 3.38. The summed E-state index contributed by atoms with van der Waals surface area (Å²) in [7, 11) is 0. The molecule has 5 rings (SSSR count). The first kappa shape index (κ1) is 18.7. The van der Waals surface area contributed by atoms with Gasteiger partial charge in [0.25, 0.3) is 0 Å². The van der Waals surface area contributed by atoms with Crippen LogP contribution in [0.15, 0.2) is 30.3 Å². The third-order valence-electron chi connectivity index (χ3n) is 4.98. The second-order valence-corrected chi connectivity index (χ2v) is 6.89. The van der Waals surface area contributed by atoms with Crippen LogP contribution in [-0.2, 0) is 15.7 Å². The molecule has 1 saturated heterocycles. The maximum Gasteiger partial charge on any atom is 0.433 e. The molecule has 2 aliphatic rings. The first-order valence-corrected chi connectivity index (χ1v) is 9.11. The lowest BCUT2D eigenvalue weighted by molar-refractivity contribution is -0.142. The number of amides is 1. The van der Waals surface area contributed by atoms with Gasteiger partial charge in [0, 0.05) is 18.2 Å². The molecule has 156 valence electrons. The molecule has 1 unspecified atom stereocenters. The Morgan fingerprint density at radius 3 is 2.77 bits per heavy atom. The van der Waals surface area contributed by atoms with Crippen molar-refractivity contribution in [1.29, 1.82) is 0 Å². The summed E-state index contributed by atoms with van der Waals surface area (Å²) in [5, 5.41) is 4.09. The first-order valence-electron chi connectivity index (χ1n) is 9.11. The van der Waals surface area contributed by atoms with Crippen molar-refractivity contribution in [3.8, 4) is 22.8 Å². The zero-order valence-corrected chi connectivity index (χ0v) is 15.4. The highest BCUT2D eigenvalue weighted by Gasteiger charge is 2.36. The minimum absolute atomic E-state index is 0.0271. The molecule has 30 heavy (non-hydrogen) atoms. The van der Waals surface area contributed by atoms with Gasteiger partial charge in [-0.05, 0) is 24.3 Å². The number of benzene rings is 1. The molecule has 1 fully saturated rings. The lowest BCUT2D eigenvalue weighted by Gasteiger charge is -2.29. The molecule has 0 saturated carbocycles. The number of hydrogen-bond donors (Lipinski definition) is 0. The largest absolute Gasteiger partial charge is 0.454 e. The molecule has 0 radical (unpaired) electrons. The quantitative estimate of drug-likeness (QED) is 0.607. The van der Waals surface area contributed by atoms with Crippen LogP contribution >= 0.6 is 0 Å². The van der Waals surface area contributed by atoms with E-state index in [-0.39, 0.29) is 37.0 Å². The number of morpholine rings is 1. The van der Waals surface area contributed by atoms with Gasteiger partial charge in [0.1, 0.15) is 6.10 Å². The molecule has 0 spiro atoms. The number of rotatable bonds is 3. The molecule has 0 bridgehead atoms. The van der Waals surface area contributed by atoms with Crippen LogP contribution in [0.4, 0.5) is 13.2 Å². The number of aromatic nitrogens is 3. The lowest BCUT2D eigenvalue weighted by atomic mass is 10.1. The van der Waals surface area contributed by atoms with Gasteiger partial charge in [-0.2, -0.15) is 18.3 Å². The highest BCUT2D eigenvalue weighted by Crippen LogP contribution is 2.37. The second-order valence-electron chi connectivity index (χ2n) is 6.89. The highest BCUT2D eigenvalue weighted by molar-refractivity contribution is 5.67. The zero-order valence-electron chi connectivity index (χ0n) is 15.4. The summed E-state index contributed by atoms with van der Waals surface area (Å²) >= 11 is 0. The minimum atomic E-state index is -4.65. The van der Waals surface area contributed by atoms with E-state index in [0.717, 1.165) is 10.6 Å². The Bertz CT molecular complexity index is 1130. The molecule has 0 N–H and O–H groups in total. The van der Waals surface area contributed by atoms with E-state index in [4.69, 9.17) is 14.2 Å². The van der Waals surface area contributed by atoms with Crippen LogP contribution in [0.2, 0.25) is 0 Å². The SMILES string of the molecule is O=CN1CCOC(c2cc3nc(-c4ccc5c(c4)OCO5)cc(C(F)(F)F)n3n2)C1. The summed E-state index contributed by atoms with van der Waals surface area (Å²) in [5.74, 6) is 0.971. The molecule has 3 aromatic rings. The first-order chi connectivity index (χ1) is 14.4. The fourth-order valence-corrected chi connectivity index (χ4v) is 3.50. The summed E-state index contributed by atoms with van der Waals surface area (Å²) in [5.41, 5.74) is -0.0779. The number of carbonyl (C=O) groups excluding carboxylic acids is 1.